The van der Waals surface area contributed by atoms with E-state index in [1.165, 1.54) is 18.5 Å². The van der Waals surface area contributed by atoms with Gasteiger partial charge in [-0.3, -0.25) is 10.1 Å². The lowest BCUT2D eigenvalue weighted by atomic mass is 10.0. The number of hydrogen-bond acceptors (Lipinski definition) is 6. The van der Waals surface area contributed by atoms with Gasteiger partial charge in [-0.25, -0.2) is 14.4 Å². The molecule has 0 radical (unpaired) electrons. The first-order valence-corrected chi connectivity index (χ1v) is 9.34. The van der Waals surface area contributed by atoms with Crippen LogP contribution in [-0.4, -0.2) is 39.5 Å². The zero-order valence-electron chi connectivity index (χ0n) is 16.1. The molecule has 1 aliphatic heterocycles. The Bertz CT molecular complexity index is 1310. The molecule has 8 heteroatoms. The fourth-order valence-corrected chi connectivity index (χ4v) is 3.45. The number of anilines is 2. The molecular formula is C22H17FN6O. The molecule has 2 N–H and O–H groups in total. The minimum absolute atomic E-state index is 0.288. The Morgan fingerprint density at radius 2 is 2.00 bits per heavy atom. The summed E-state index contributed by atoms with van der Waals surface area (Å²) in [5.41, 5.74) is 4.39. The van der Waals surface area contributed by atoms with E-state index in [9.17, 15) is 4.39 Å². The van der Waals surface area contributed by atoms with Crippen LogP contribution in [0.3, 0.4) is 0 Å². The quantitative estimate of drug-likeness (QED) is 0.522. The second kappa shape index (κ2) is 7.40. The van der Waals surface area contributed by atoms with Gasteiger partial charge in [0.25, 0.3) is 0 Å². The van der Waals surface area contributed by atoms with Crippen LogP contribution in [0, 0.1) is 5.82 Å². The minimum atomic E-state index is -0.288. The highest BCUT2D eigenvalue weighted by atomic mass is 19.1. The van der Waals surface area contributed by atoms with Crippen molar-refractivity contribution in [3.63, 3.8) is 0 Å². The fraction of sp³-hybridized carbons (Fsp3) is 0.0909. The molecule has 2 aromatic carbocycles. The summed E-state index contributed by atoms with van der Waals surface area (Å²) in [5.74, 6) is 0.912. The molecule has 1 aliphatic rings. The van der Waals surface area contributed by atoms with E-state index in [-0.39, 0.29) is 5.82 Å². The van der Waals surface area contributed by atoms with Crippen molar-refractivity contribution in [1.29, 1.82) is 0 Å². The van der Waals surface area contributed by atoms with E-state index in [2.05, 4.69) is 30.5 Å². The normalized spacial score (nSPS) is 12.9. The molecule has 0 amide bonds. The Kier molecular flexibility index (Phi) is 4.44. The summed E-state index contributed by atoms with van der Waals surface area (Å²) in [6, 6.07) is 12.1. The minimum Gasteiger partial charge on any atom is -0.495 e. The van der Waals surface area contributed by atoms with Crippen LogP contribution >= 0.6 is 0 Å². The largest absolute Gasteiger partial charge is 0.495 e. The molecule has 0 unspecified atom stereocenters. The lowest BCUT2D eigenvalue weighted by Crippen LogP contribution is -2.01. The summed E-state index contributed by atoms with van der Waals surface area (Å²) < 4.78 is 19.2. The number of benzene rings is 2. The third-order valence-electron chi connectivity index (χ3n) is 4.86. The van der Waals surface area contributed by atoms with Gasteiger partial charge in [0.2, 0.25) is 0 Å². The molecule has 0 atom stereocenters. The smallest absolute Gasteiger partial charge is 0.186 e. The van der Waals surface area contributed by atoms with Crippen LogP contribution in [0.4, 0.5) is 15.9 Å². The highest BCUT2D eigenvalue weighted by Gasteiger charge is 2.18. The predicted octanol–water partition coefficient (Wildman–Crippen LogP) is 4.27. The third-order valence-corrected chi connectivity index (χ3v) is 4.86. The van der Waals surface area contributed by atoms with Crippen LogP contribution < -0.4 is 10.1 Å². The Morgan fingerprint density at radius 3 is 2.80 bits per heavy atom. The molecule has 4 aromatic rings. The second-order valence-corrected chi connectivity index (χ2v) is 6.70. The average molecular weight is 400 g/mol. The average Bonchev–Trinajstić information content (AvgIpc) is 3.44. The zero-order valence-corrected chi connectivity index (χ0v) is 16.1. The number of aromatic nitrogens is 4. The molecule has 7 nitrogen and oxygen atoms in total. The van der Waals surface area contributed by atoms with E-state index in [4.69, 9.17) is 4.74 Å². The molecule has 0 fully saturated rings. The summed E-state index contributed by atoms with van der Waals surface area (Å²) >= 11 is 0. The first-order chi connectivity index (χ1) is 14.7. The van der Waals surface area contributed by atoms with Crippen molar-refractivity contribution in [3.8, 4) is 16.9 Å². The number of hydrogen-bond donors (Lipinski definition) is 2. The monoisotopic (exact) mass is 400 g/mol. The first-order valence-electron chi connectivity index (χ1n) is 9.34. The fourth-order valence-electron chi connectivity index (χ4n) is 3.45. The maximum atomic E-state index is 13.7. The SMILES string of the molecule is COc1ccc(-c2cccc(F)c2)cc1Nc1ncnc2n[nH]c(C3=NCC=C3)c12. The van der Waals surface area contributed by atoms with Crippen molar-refractivity contribution in [1.82, 2.24) is 20.2 Å². The van der Waals surface area contributed by atoms with Gasteiger partial charge in [0.05, 0.1) is 36.1 Å². The number of aliphatic imine (C=N–C) groups is 1. The maximum absolute atomic E-state index is 13.7. The van der Waals surface area contributed by atoms with Crippen LogP contribution in [0.2, 0.25) is 0 Å². The van der Waals surface area contributed by atoms with Crippen molar-refractivity contribution in [2.45, 2.75) is 0 Å². The molecule has 3 heterocycles. The number of H-pyrrole nitrogens is 1. The van der Waals surface area contributed by atoms with Gasteiger partial charge in [-0.2, -0.15) is 5.10 Å². The Morgan fingerprint density at radius 1 is 1.10 bits per heavy atom. The first kappa shape index (κ1) is 18.0. The van der Waals surface area contributed by atoms with Crippen molar-refractivity contribution < 1.29 is 9.13 Å². The molecule has 0 spiro atoms. The highest BCUT2D eigenvalue weighted by Crippen LogP contribution is 2.34. The molecular weight excluding hydrogens is 383 g/mol. The molecule has 5 rings (SSSR count). The van der Waals surface area contributed by atoms with Crippen molar-refractivity contribution in [2.24, 2.45) is 4.99 Å². The van der Waals surface area contributed by atoms with Crippen LogP contribution in [0.25, 0.3) is 22.2 Å². The van der Waals surface area contributed by atoms with E-state index in [0.717, 1.165) is 27.9 Å². The van der Waals surface area contributed by atoms with E-state index < -0.39 is 0 Å². The van der Waals surface area contributed by atoms with E-state index in [1.54, 1.807) is 13.2 Å². The number of methoxy groups -OCH3 is 1. The summed E-state index contributed by atoms with van der Waals surface area (Å²) in [6.07, 6.45) is 5.36. The van der Waals surface area contributed by atoms with Gasteiger partial charge in [0, 0.05) is 0 Å². The number of aromatic amines is 1. The molecule has 0 saturated carbocycles. The van der Waals surface area contributed by atoms with Gasteiger partial charge in [0.15, 0.2) is 5.65 Å². The zero-order chi connectivity index (χ0) is 20.5. The van der Waals surface area contributed by atoms with E-state index in [0.29, 0.717) is 29.4 Å². The highest BCUT2D eigenvalue weighted by molar-refractivity contribution is 6.17. The predicted molar refractivity (Wildman–Crippen MR) is 114 cm³/mol. The molecule has 30 heavy (non-hydrogen) atoms. The standard InChI is InChI=1S/C22H17FN6O/c1-30-18-8-7-14(13-4-2-5-15(23)10-13)11-17(18)27-21-19-20(16-6-3-9-24-16)28-29-22(19)26-12-25-21/h2-8,10-12H,9H2,1H3,(H2,25,26,27,28,29). The number of nitrogens with one attached hydrogen (secondary N) is 2. The maximum Gasteiger partial charge on any atom is 0.186 e. The van der Waals surface area contributed by atoms with Crippen molar-refractivity contribution >= 4 is 28.3 Å². The lowest BCUT2D eigenvalue weighted by Gasteiger charge is -2.13. The lowest BCUT2D eigenvalue weighted by molar-refractivity contribution is 0.417. The number of rotatable bonds is 5. The Balaban J connectivity index is 1.60. The Labute approximate surface area is 171 Å². The number of ether oxygens (including phenoxy) is 1. The molecule has 0 aliphatic carbocycles. The summed E-state index contributed by atoms with van der Waals surface area (Å²) in [5, 5.41) is 11.4. The number of nitrogens with zero attached hydrogens (tertiary/aromatic N) is 4. The summed E-state index contributed by atoms with van der Waals surface area (Å²) in [7, 11) is 1.60. The molecule has 0 saturated heterocycles. The van der Waals surface area contributed by atoms with E-state index >= 15 is 0 Å². The Hall–Kier alpha value is -4.07. The van der Waals surface area contributed by atoms with Crippen LogP contribution in [0.5, 0.6) is 5.75 Å². The van der Waals surface area contributed by atoms with Gasteiger partial charge >= 0.3 is 0 Å². The van der Waals surface area contributed by atoms with Gasteiger partial charge < -0.3 is 10.1 Å². The van der Waals surface area contributed by atoms with Gasteiger partial charge in [-0.1, -0.05) is 24.3 Å². The summed E-state index contributed by atoms with van der Waals surface area (Å²) in [6.45, 7) is 0.635. The van der Waals surface area contributed by atoms with Gasteiger partial charge in [0.1, 0.15) is 23.7 Å². The van der Waals surface area contributed by atoms with Crippen molar-refractivity contribution in [2.75, 3.05) is 19.0 Å². The van der Waals surface area contributed by atoms with Crippen LogP contribution in [0.1, 0.15) is 5.69 Å². The number of allylic oxidation sites excluding steroid dienone is 1. The molecule has 2 aromatic heterocycles. The summed E-state index contributed by atoms with van der Waals surface area (Å²) in [4.78, 5) is 13.1. The van der Waals surface area contributed by atoms with Gasteiger partial charge in [-0.05, 0) is 41.5 Å². The number of fused-ring (bicyclic) bond motifs is 1. The molecule has 0 bridgehead atoms. The third kappa shape index (κ3) is 3.18. The number of halogens is 1. The second-order valence-electron chi connectivity index (χ2n) is 6.70. The van der Waals surface area contributed by atoms with E-state index in [1.807, 2.05) is 36.4 Å². The van der Waals surface area contributed by atoms with Crippen molar-refractivity contribution in [3.05, 3.63) is 72.5 Å². The molecule has 148 valence electrons. The van der Waals surface area contributed by atoms with Crippen LogP contribution in [-0.2, 0) is 0 Å². The van der Waals surface area contributed by atoms with Gasteiger partial charge in [-0.15, -0.1) is 0 Å². The van der Waals surface area contributed by atoms with Crippen LogP contribution in [0.15, 0.2) is 65.9 Å². The topological polar surface area (TPSA) is 88.1 Å².